The first kappa shape index (κ1) is 15.8. The highest BCUT2D eigenvalue weighted by molar-refractivity contribution is 6.10. The number of carbonyl (C=O) groups is 1. The van der Waals surface area contributed by atoms with Gasteiger partial charge in [-0.1, -0.05) is 36.4 Å². The summed E-state index contributed by atoms with van der Waals surface area (Å²) < 4.78 is 11.8. The molecule has 128 valence electrons. The fourth-order valence-electron chi connectivity index (χ4n) is 3.08. The predicted octanol–water partition coefficient (Wildman–Crippen LogP) is 2.98. The number of aromatic nitrogens is 1. The summed E-state index contributed by atoms with van der Waals surface area (Å²) in [6, 6.07) is 15.9. The molecule has 4 rings (SSSR count). The van der Waals surface area contributed by atoms with Crippen LogP contribution in [0.5, 0.6) is 0 Å². The van der Waals surface area contributed by atoms with Gasteiger partial charge in [-0.2, -0.15) is 0 Å². The second-order valence-corrected chi connectivity index (χ2v) is 5.72. The SMILES string of the molecule is COC(=O)c1c2cc(-c3ccccc3)oc(=O)c2c(=N)n2ccccc12. The molecule has 0 saturated heterocycles. The first-order valence-electron chi connectivity index (χ1n) is 7.91. The number of ether oxygens (including phenoxy) is 1. The minimum atomic E-state index is -0.672. The maximum Gasteiger partial charge on any atom is 0.347 e. The number of pyridine rings is 2. The standard InChI is InChI=1S/C20H14N2O4/c1-25-19(23)16-13-11-15(12-7-3-2-4-8-12)26-20(24)17(13)18(21)22-10-6-5-9-14(16)22/h2-11,21H,1H3. The molecule has 26 heavy (non-hydrogen) atoms. The van der Waals surface area contributed by atoms with Crippen LogP contribution in [0.3, 0.4) is 0 Å². The first-order valence-corrected chi connectivity index (χ1v) is 7.91. The lowest BCUT2D eigenvalue weighted by Crippen LogP contribution is -2.23. The minimum absolute atomic E-state index is 0.0359. The Hall–Kier alpha value is -3.67. The monoisotopic (exact) mass is 346 g/mol. The Labute approximate surface area is 147 Å². The van der Waals surface area contributed by atoms with Crippen LogP contribution in [0.2, 0.25) is 0 Å². The van der Waals surface area contributed by atoms with Gasteiger partial charge in [-0.25, -0.2) is 9.59 Å². The van der Waals surface area contributed by atoms with E-state index in [0.717, 1.165) is 0 Å². The number of rotatable bonds is 2. The highest BCUT2D eigenvalue weighted by Gasteiger charge is 2.20. The van der Waals surface area contributed by atoms with Crippen LogP contribution in [0, 0.1) is 5.41 Å². The van der Waals surface area contributed by atoms with E-state index < -0.39 is 11.6 Å². The smallest absolute Gasteiger partial charge is 0.347 e. The third-order valence-corrected chi connectivity index (χ3v) is 4.26. The van der Waals surface area contributed by atoms with Crippen molar-refractivity contribution in [2.45, 2.75) is 0 Å². The number of hydrogen-bond donors (Lipinski definition) is 1. The van der Waals surface area contributed by atoms with Crippen LogP contribution in [0.4, 0.5) is 0 Å². The minimum Gasteiger partial charge on any atom is -0.465 e. The van der Waals surface area contributed by atoms with E-state index >= 15 is 0 Å². The topological polar surface area (TPSA) is 84.8 Å². The third kappa shape index (κ3) is 2.31. The molecule has 6 nitrogen and oxygen atoms in total. The molecular formula is C20H14N2O4. The van der Waals surface area contributed by atoms with E-state index in [1.54, 1.807) is 42.6 Å². The fraction of sp³-hybridized carbons (Fsp3) is 0.0500. The van der Waals surface area contributed by atoms with Crippen molar-refractivity contribution < 1.29 is 13.9 Å². The molecular weight excluding hydrogens is 332 g/mol. The lowest BCUT2D eigenvalue weighted by Gasteiger charge is -2.12. The summed E-state index contributed by atoms with van der Waals surface area (Å²) in [5.41, 5.74) is 0.701. The van der Waals surface area contributed by atoms with Crippen LogP contribution < -0.4 is 11.1 Å². The summed E-state index contributed by atoms with van der Waals surface area (Å²) in [5, 5.41) is 8.77. The van der Waals surface area contributed by atoms with Crippen LogP contribution in [0.25, 0.3) is 27.6 Å². The Morgan fingerprint density at radius 3 is 2.58 bits per heavy atom. The molecule has 0 radical (unpaired) electrons. The molecule has 0 bridgehead atoms. The number of nitrogens with zero attached hydrogens (tertiary/aromatic N) is 1. The van der Waals surface area contributed by atoms with E-state index in [-0.39, 0.29) is 16.4 Å². The van der Waals surface area contributed by atoms with Gasteiger partial charge in [0.2, 0.25) is 0 Å². The predicted molar refractivity (Wildman–Crippen MR) is 96.1 cm³/mol. The van der Waals surface area contributed by atoms with E-state index in [4.69, 9.17) is 14.6 Å². The van der Waals surface area contributed by atoms with Crippen molar-refractivity contribution in [3.8, 4) is 11.3 Å². The highest BCUT2D eigenvalue weighted by atomic mass is 16.5. The van der Waals surface area contributed by atoms with Crippen molar-refractivity contribution in [3.05, 3.63) is 82.3 Å². The Morgan fingerprint density at radius 1 is 1.12 bits per heavy atom. The molecule has 0 aliphatic heterocycles. The number of carbonyl (C=O) groups excluding carboxylic acids is 1. The Kier molecular flexibility index (Phi) is 3.65. The molecule has 3 aromatic heterocycles. The first-order chi connectivity index (χ1) is 12.6. The number of methoxy groups -OCH3 is 1. The molecule has 0 aliphatic rings. The zero-order valence-corrected chi connectivity index (χ0v) is 13.9. The maximum atomic E-state index is 12.6. The molecule has 0 aliphatic carbocycles. The summed E-state index contributed by atoms with van der Waals surface area (Å²) in [6.07, 6.45) is 1.62. The van der Waals surface area contributed by atoms with Crippen molar-refractivity contribution in [1.82, 2.24) is 4.40 Å². The summed E-state index contributed by atoms with van der Waals surface area (Å²) in [4.78, 5) is 25.1. The Morgan fingerprint density at radius 2 is 1.85 bits per heavy atom. The summed E-state index contributed by atoms with van der Waals surface area (Å²) >= 11 is 0. The van der Waals surface area contributed by atoms with E-state index in [9.17, 15) is 9.59 Å². The lowest BCUT2D eigenvalue weighted by atomic mass is 10.0. The molecule has 3 heterocycles. The van der Waals surface area contributed by atoms with Crippen LogP contribution in [-0.4, -0.2) is 17.5 Å². The van der Waals surface area contributed by atoms with Crippen molar-refractivity contribution in [2.24, 2.45) is 0 Å². The van der Waals surface area contributed by atoms with Crippen molar-refractivity contribution in [2.75, 3.05) is 7.11 Å². The van der Waals surface area contributed by atoms with Gasteiger partial charge in [0.15, 0.2) is 0 Å². The fourth-order valence-corrected chi connectivity index (χ4v) is 3.08. The van der Waals surface area contributed by atoms with Gasteiger partial charge in [0.25, 0.3) is 0 Å². The normalized spacial score (nSPS) is 11.0. The molecule has 0 atom stereocenters. The van der Waals surface area contributed by atoms with Crippen LogP contribution in [0.1, 0.15) is 10.4 Å². The largest absolute Gasteiger partial charge is 0.465 e. The van der Waals surface area contributed by atoms with Gasteiger partial charge in [-0.15, -0.1) is 0 Å². The zero-order chi connectivity index (χ0) is 18.3. The molecule has 4 aromatic rings. The Balaban J connectivity index is 2.23. The number of fused-ring (bicyclic) bond motifs is 2. The van der Waals surface area contributed by atoms with Crippen molar-refractivity contribution >= 4 is 22.3 Å². The average Bonchev–Trinajstić information content (AvgIpc) is 2.68. The van der Waals surface area contributed by atoms with Crippen molar-refractivity contribution in [3.63, 3.8) is 0 Å². The number of benzene rings is 1. The maximum absolute atomic E-state index is 12.6. The second kappa shape index (κ2) is 6.00. The van der Waals surface area contributed by atoms with E-state index in [0.29, 0.717) is 22.2 Å². The summed E-state index contributed by atoms with van der Waals surface area (Å²) in [7, 11) is 1.28. The molecule has 1 aromatic carbocycles. The van der Waals surface area contributed by atoms with E-state index in [2.05, 4.69) is 0 Å². The molecule has 1 N–H and O–H groups in total. The second-order valence-electron chi connectivity index (χ2n) is 5.72. The molecule has 0 saturated carbocycles. The van der Waals surface area contributed by atoms with Gasteiger partial charge in [0.05, 0.1) is 18.2 Å². The lowest BCUT2D eigenvalue weighted by molar-refractivity contribution is 0.0604. The van der Waals surface area contributed by atoms with Gasteiger partial charge in [0.1, 0.15) is 16.6 Å². The number of hydrogen-bond acceptors (Lipinski definition) is 5. The van der Waals surface area contributed by atoms with Crippen LogP contribution in [-0.2, 0) is 4.74 Å². The number of nitrogens with one attached hydrogen (secondary N) is 1. The molecule has 0 unspecified atom stereocenters. The molecule has 6 heteroatoms. The van der Waals surface area contributed by atoms with Gasteiger partial charge in [-0.3, -0.25) is 5.41 Å². The average molecular weight is 346 g/mol. The van der Waals surface area contributed by atoms with Gasteiger partial charge in [-0.05, 0) is 18.2 Å². The summed E-state index contributed by atoms with van der Waals surface area (Å²) in [6.45, 7) is 0. The van der Waals surface area contributed by atoms with Crippen LogP contribution >= 0.6 is 0 Å². The molecule has 0 fully saturated rings. The zero-order valence-electron chi connectivity index (χ0n) is 13.9. The molecule has 0 spiro atoms. The van der Waals surface area contributed by atoms with E-state index in [1.807, 2.05) is 18.2 Å². The van der Waals surface area contributed by atoms with E-state index in [1.165, 1.54) is 11.5 Å². The van der Waals surface area contributed by atoms with Gasteiger partial charge in [0, 0.05) is 17.1 Å². The summed E-state index contributed by atoms with van der Waals surface area (Å²) in [5.74, 6) is -0.253. The Bertz CT molecular complexity index is 1270. The molecule has 0 amide bonds. The highest BCUT2D eigenvalue weighted by Crippen LogP contribution is 2.25. The van der Waals surface area contributed by atoms with Gasteiger partial charge >= 0.3 is 11.6 Å². The quantitative estimate of drug-likeness (QED) is 0.447. The third-order valence-electron chi connectivity index (χ3n) is 4.26. The van der Waals surface area contributed by atoms with Crippen molar-refractivity contribution in [1.29, 1.82) is 5.41 Å². The van der Waals surface area contributed by atoms with Gasteiger partial charge < -0.3 is 13.6 Å². The number of esters is 1. The van der Waals surface area contributed by atoms with Crippen LogP contribution in [0.15, 0.2) is 70.0 Å².